The van der Waals surface area contributed by atoms with Gasteiger partial charge in [0.25, 0.3) is 0 Å². The third-order valence-corrected chi connectivity index (χ3v) is 4.22. The summed E-state index contributed by atoms with van der Waals surface area (Å²) in [7, 11) is 0. The van der Waals surface area contributed by atoms with Crippen LogP contribution in [0.1, 0.15) is 21.9 Å². The van der Waals surface area contributed by atoms with Crippen LogP contribution in [0.5, 0.6) is 0 Å². The summed E-state index contributed by atoms with van der Waals surface area (Å²) in [5.41, 5.74) is 1.92. The minimum atomic E-state index is 0.251. The molecule has 0 bridgehead atoms. The molecule has 0 aliphatic carbocycles. The van der Waals surface area contributed by atoms with E-state index in [4.69, 9.17) is 16.1 Å². The van der Waals surface area contributed by atoms with Gasteiger partial charge in [-0.3, -0.25) is 0 Å². The van der Waals surface area contributed by atoms with Gasteiger partial charge in [0.15, 0.2) is 0 Å². The average molecular weight is 309 g/mol. The van der Waals surface area contributed by atoms with E-state index < -0.39 is 0 Å². The quantitative estimate of drug-likeness (QED) is 0.744. The molecular formula is C13H13ClN4OS. The molecule has 0 atom stereocenters. The molecule has 0 aliphatic heterocycles. The van der Waals surface area contributed by atoms with Crippen molar-refractivity contribution in [2.75, 3.05) is 5.32 Å². The number of fused-ring (bicyclic) bond motifs is 1. The zero-order valence-electron chi connectivity index (χ0n) is 11.3. The molecule has 0 saturated heterocycles. The summed E-state index contributed by atoms with van der Waals surface area (Å²) in [6.45, 7) is 6.45. The summed E-state index contributed by atoms with van der Waals surface area (Å²) in [5, 5.41) is 8.48. The van der Waals surface area contributed by atoms with Gasteiger partial charge in [-0.2, -0.15) is 0 Å². The van der Waals surface area contributed by atoms with Crippen LogP contribution >= 0.6 is 22.9 Å². The molecule has 0 aromatic carbocycles. The highest BCUT2D eigenvalue weighted by Gasteiger charge is 2.12. The van der Waals surface area contributed by atoms with Gasteiger partial charge in [0.05, 0.1) is 11.1 Å². The predicted octanol–water partition coefficient (Wildman–Crippen LogP) is 3.87. The monoisotopic (exact) mass is 308 g/mol. The van der Waals surface area contributed by atoms with Crippen molar-refractivity contribution in [2.24, 2.45) is 0 Å². The summed E-state index contributed by atoms with van der Waals surface area (Å²) < 4.78 is 5.15. The van der Waals surface area contributed by atoms with Gasteiger partial charge in [0.2, 0.25) is 5.28 Å². The molecule has 0 spiro atoms. The second kappa shape index (κ2) is 5.03. The third-order valence-electron chi connectivity index (χ3n) is 3.10. The number of hydrogen-bond donors (Lipinski definition) is 1. The van der Waals surface area contributed by atoms with Crippen LogP contribution in [0.4, 0.5) is 5.82 Å². The van der Waals surface area contributed by atoms with Crippen molar-refractivity contribution in [3.63, 3.8) is 0 Å². The van der Waals surface area contributed by atoms with Crippen LogP contribution in [0.15, 0.2) is 10.6 Å². The first kappa shape index (κ1) is 13.3. The fourth-order valence-electron chi connectivity index (χ4n) is 2.08. The van der Waals surface area contributed by atoms with Crippen LogP contribution in [0, 0.1) is 20.8 Å². The second-order valence-corrected chi connectivity index (χ2v) is 6.15. The average Bonchev–Trinajstić information content (AvgIpc) is 2.90. The minimum Gasteiger partial charge on any atom is -0.365 e. The second-order valence-electron chi connectivity index (χ2n) is 4.57. The van der Waals surface area contributed by atoms with Crippen LogP contribution in [0.25, 0.3) is 10.2 Å². The molecule has 104 valence electrons. The van der Waals surface area contributed by atoms with E-state index in [0.717, 1.165) is 33.1 Å². The lowest BCUT2D eigenvalue weighted by molar-refractivity contribution is 0.392. The van der Waals surface area contributed by atoms with Crippen LogP contribution in [0.2, 0.25) is 5.28 Å². The van der Waals surface area contributed by atoms with Crippen LogP contribution < -0.4 is 5.32 Å². The Kier molecular flexibility index (Phi) is 3.35. The van der Waals surface area contributed by atoms with Gasteiger partial charge < -0.3 is 9.84 Å². The molecule has 20 heavy (non-hydrogen) atoms. The van der Waals surface area contributed by atoms with Crippen molar-refractivity contribution >= 4 is 39.0 Å². The number of rotatable bonds is 3. The van der Waals surface area contributed by atoms with E-state index in [-0.39, 0.29) is 5.28 Å². The lowest BCUT2D eigenvalue weighted by Crippen LogP contribution is -2.04. The van der Waals surface area contributed by atoms with E-state index in [1.165, 1.54) is 4.88 Å². The summed E-state index contributed by atoms with van der Waals surface area (Å²) in [6.07, 6.45) is 0. The Morgan fingerprint density at radius 1 is 1.30 bits per heavy atom. The van der Waals surface area contributed by atoms with Crippen molar-refractivity contribution in [1.82, 2.24) is 15.1 Å². The normalized spacial score (nSPS) is 11.2. The first-order chi connectivity index (χ1) is 9.54. The lowest BCUT2D eigenvalue weighted by atomic mass is 10.2. The number of aryl methyl sites for hydroxylation is 3. The highest BCUT2D eigenvalue weighted by atomic mass is 35.5. The molecule has 0 saturated carbocycles. The number of thiophene rings is 1. The standard InChI is InChI=1S/C13H13ClN4OS/c1-6-4-9-11(16-13(14)17-12(9)20-6)15-5-10-7(2)18-19-8(10)3/h4H,5H2,1-3H3,(H,15,16,17). The topological polar surface area (TPSA) is 63.8 Å². The maximum atomic E-state index is 5.97. The molecule has 3 rings (SSSR count). The Morgan fingerprint density at radius 3 is 2.80 bits per heavy atom. The van der Waals surface area contributed by atoms with Gasteiger partial charge in [-0.1, -0.05) is 5.16 Å². The first-order valence-corrected chi connectivity index (χ1v) is 7.33. The maximum Gasteiger partial charge on any atom is 0.225 e. The van der Waals surface area contributed by atoms with Crippen LogP contribution in [0.3, 0.4) is 0 Å². The molecule has 0 fully saturated rings. The van der Waals surface area contributed by atoms with Gasteiger partial charge in [-0.15, -0.1) is 11.3 Å². The van der Waals surface area contributed by atoms with Gasteiger partial charge >= 0.3 is 0 Å². The fourth-order valence-corrected chi connectivity index (χ4v) is 3.18. The molecule has 0 radical (unpaired) electrons. The van der Waals surface area contributed by atoms with Crippen molar-refractivity contribution in [2.45, 2.75) is 27.3 Å². The number of halogens is 1. The van der Waals surface area contributed by atoms with Crippen molar-refractivity contribution in [1.29, 1.82) is 0 Å². The van der Waals surface area contributed by atoms with E-state index in [1.807, 2.05) is 20.8 Å². The number of aromatic nitrogens is 3. The Balaban J connectivity index is 1.94. The van der Waals surface area contributed by atoms with Crippen LogP contribution in [-0.2, 0) is 6.54 Å². The minimum absolute atomic E-state index is 0.251. The van der Waals surface area contributed by atoms with Gasteiger partial charge in [0, 0.05) is 17.0 Å². The van der Waals surface area contributed by atoms with E-state index in [2.05, 4.69) is 26.5 Å². The summed E-state index contributed by atoms with van der Waals surface area (Å²) >= 11 is 7.57. The molecule has 7 heteroatoms. The maximum absolute atomic E-state index is 5.97. The molecule has 0 unspecified atom stereocenters. The highest BCUT2D eigenvalue weighted by molar-refractivity contribution is 7.18. The molecule has 1 N–H and O–H groups in total. The molecule has 0 aliphatic rings. The van der Waals surface area contributed by atoms with E-state index in [9.17, 15) is 0 Å². The SMILES string of the molecule is Cc1cc2c(NCc3c(C)noc3C)nc(Cl)nc2s1. The molecule has 3 aromatic heterocycles. The van der Waals surface area contributed by atoms with Crippen molar-refractivity contribution in [3.8, 4) is 0 Å². The summed E-state index contributed by atoms with van der Waals surface area (Å²) in [5.74, 6) is 1.55. The zero-order valence-corrected chi connectivity index (χ0v) is 12.9. The Morgan fingerprint density at radius 2 is 2.10 bits per heavy atom. The van der Waals surface area contributed by atoms with Crippen LogP contribution in [-0.4, -0.2) is 15.1 Å². The summed E-state index contributed by atoms with van der Waals surface area (Å²) in [4.78, 5) is 10.6. The molecule has 3 aromatic rings. The highest BCUT2D eigenvalue weighted by Crippen LogP contribution is 2.30. The fraction of sp³-hybridized carbons (Fsp3) is 0.308. The lowest BCUT2D eigenvalue weighted by Gasteiger charge is -2.06. The van der Waals surface area contributed by atoms with Gasteiger partial charge in [-0.05, 0) is 38.4 Å². The molecular weight excluding hydrogens is 296 g/mol. The van der Waals surface area contributed by atoms with Gasteiger partial charge in [-0.25, -0.2) is 9.97 Å². The number of nitrogens with zero attached hydrogens (tertiary/aromatic N) is 3. The molecule has 3 heterocycles. The molecule has 5 nitrogen and oxygen atoms in total. The largest absolute Gasteiger partial charge is 0.365 e. The number of nitrogens with one attached hydrogen (secondary N) is 1. The number of anilines is 1. The van der Waals surface area contributed by atoms with E-state index >= 15 is 0 Å². The van der Waals surface area contributed by atoms with E-state index in [1.54, 1.807) is 11.3 Å². The predicted molar refractivity (Wildman–Crippen MR) is 80.5 cm³/mol. The third kappa shape index (κ3) is 2.36. The molecule has 0 amide bonds. The smallest absolute Gasteiger partial charge is 0.225 e. The zero-order chi connectivity index (χ0) is 14.3. The Bertz CT molecular complexity index is 761. The van der Waals surface area contributed by atoms with Crippen molar-refractivity contribution < 1.29 is 4.52 Å². The first-order valence-electron chi connectivity index (χ1n) is 6.14. The Hall–Kier alpha value is -1.66. The van der Waals surface area contributed by atoms with Gasteiger partial charge in [0.1, 0.15) is 16.4 Å². The number of hydrogen-bond acceptors (Lipinski definition) is 6. The van der Waals surface area contributed by atoms with E-state index in [0.29, 0.717) is 6.54 Å². The summed E-state index contributed by atoms with van der Waals surface area (Å²) in [6, 6.07) is 2.06. The Labute approximate surface area is 125 Å². The van der Waals surface area contributed by atoms with Crippen molar-refractivity contribution in [3.05, 3.63) is 33.2 Å².